The highest BCUT2D eigenvalue weighted by atomic mass is 16.5. The van der Waals surface area contributed by atoms with Crippen LogP contribution in [-0.4, -0.2) is 56.0 Å². The van der Waals surface area contributed by atoms with Crippen molar-refractivity contribution in [3.8, 4) is 5.75 Å². The summed E-state index contributed by atoms with van der Waals surface area (Å²) in [5.41, 5.74) is 0.954. The first kappa shape index (κ1) is 11.9. The van der Waals surface area contributed by atoms with E-state index in [-0.39, 0.29) is 0 Å². The lowest BCUT2D eigenvalue weighted by Gasteiger charge is -2.34. The van der Waals surface area contributed by atoms with Crippen LogP contribution in [0.4, 0.5) is 0 Å². The maximum absolute atomic E-state index is 8.18. The van der Waals surface area contributed by atoms with E-state index in [1.54, 1.807) is 7.11 Å². The Labute approximate surface area is 102 Å². The number of methoxy groups -OCH3 is 1. The first-order chi connectivity index (χ1) is 8.20. The van der Waals surface area contributed by atoms with Gasteiger partial charge in [0.25, 0.3) is 0 Å². The van der Waals surface area contributed by atoms with Gasteiger partial charge in [0, 0.05) is 31.7 Å². The number of likely N-dealkylation sites (N-methyl/N-ethyl adjacent to an activating group) is 1. The van der Waals surface area contributed by atoms with Crippen molar-refractivity contribution >= 4 is 5.84 Å². The van der Waals surface area contributed by atoms with Crippen molar-refractivity contribution in [2.75, 3.05) is 40.3 Å². The summed E-state index contributed by atoms with van der Waals surface area (Å²) in [4.78, 5) is 4.42. The lowest BCUT2D eigenvalue weighted by Crippen LogP contribution is -2.47. The van der Waals surface area contributed by atoms with Gasteiger partial charge in [-0.25, -0.2) is 0 Å². The number of amidine groups is 1. The van der Waals surface area contributed by atoms with Gasteiger partial charge in [-0.3, -0.25) is 5.41 Å². The number of hydrogen-bond donors (Lipinski definition) is 1. The Morgan fingerprint density at radius 2 is 1.71 bits per heavy atom. The molecule has 1 aliphatic rings. The van der Waals surface area contributed by atoms with Gasteiger partial charge in [-0.15, -0.1) is 0 Å². The van der Waals surface area contributed by atoms with Gasteiger partial charge in [0.2, 0.25) is 0 Å². The highest BCUT2D eigenvalue weighted by molar-refractivity contribution is 5.96. The molecule has 0 saturated carbocycles. The maximum Gasteiger partial charge on any atom is 0.128 e. The van der Waals surface area contributed by atoms with Gasteiger partial charge < -0.3 is 14.5 Å². The molecule has 1 N–H and O–H groups in total. The second-order valence-electron chi connectivity index (χ2n) is 4.37. The third-order valence-corrected chi connectivity index (χ3v) is 3.18. The van der Waals surface area contributed by atoms with E-state index in [0.29, 0.717) is 5.84 Å². The van der Waals surface area contributed by atoms with Crippen LogP contribution >= 0.6 is 0 Å². The monoisotopic (exact) mass is 233 g/mol. The zero-order valence-electron chi connectivity index (χ0n) is 10.4. The highest BCUT2D eigenvalue weighted by Gasteiger charge is 2.17. The maximum atomic E-state index is 8.18. The van der Waals surface area contributed by atoms with E-state index in [2.05, 4.69) is 16.8 Å². The van der Waals surface area contributed by atoms with Crippen molar-refractivity contribution in [1.82, 2.24) is 9.80 Å². The molecule has 0 amide bonds. The standard InChI is InChI=1S/C13H19N3O/c1-15-7-9-16(10-8-15)13(14)11-3-5-12(17-2)6-4-11/h3-6,14H,7-10H2,1-2H3. The molecule has 4 nitrogen and oxygen atoms in total. The zero-order valence-corrected chi connectivity index (χ0v) is 10.4. The molecular formula is C13H19N3O. The van der Waals surface area contributed by atoms with Gasteiger partial charge in [0.15, 0.2) is 0 Å². The molecule has 1 aliphatic heterocycles. The summed E-state index contributed by atoms with van der Waals surface area (Å²) in [5, 5.41) is 8.18. The van der Waals surface area contributed by atoms with Crippen molar-refractivity contribution < 1.29 is 4.74 Å². The fraction of sp³-hybridized carbons (Fsp3) is 0.462. The van der Waals surface area contributed by atoms with E-state index in [4.69, 9.17) is 10.1 Å². The summed E-state index contributed by atoms with van der Waals surface area (Å²) in [6, 6.07) is 7.69. The molecule has 17 heavy (non-hydrogen) atoms. The van der Waals surface area contributed by atoms with Crippen LogP contribution in [0.1, 0.15) is 5.56 Å². The predicted molar refractivity (Wildman–Crippen MR) is 68.9 cm³/mol. The fourth-order valence-electron chi connectivity index (χ4n) is 1.96. The predicted octanol–water partition coefficient (Wildman–Crippen LogP) is 1.27. The molecule has 0 radical (unpaired) electrons. The summed E-state index contributed by atoms with van der Waals surface area (Å²) in [6.45, 7) is 3.92. The molecule has 0 unspecified atom stereocenters. The van der Waals surface area contributed by atoms with Gasteiger partial charge in [0.1, 0.15) is 11.6 Å². The van der Waals surface area contributed by atoms with Gasteiger partial charge in [-0.05, 0) is 31.3 Å². The van der Waals surface area contributed by atoms with Crippen LogP contribution in [0.15, 0.2) is 24.3 Å². The number of ether oxygens (including phenoxy) is 1. The number of nitrogens with zero attached hydrogens (tertiary/aromatic N) is 2. The number of nitrogens with one attached hydrogen (secondary N) is 1. The van der Waals surface area contributed by atoms with Crippen molar-refractivity contribution in [1.29, 1.82) is 5.41 Å². The molecule has 0 spiro atoms. The van der Waals surface area contributed by atoms with Crippen molar-refractivity contribution in [3.63, 3.8) is 0 Å². The third-order valence-electron chi connectivity index (χ3n) is 3.18. The normalized spacial score (nSPS) is 16.9. The molecule has 1 fully saturated rings. The second-order valence-corrected chi connectivity index (χ2v) is 4.37. The molecule has 0 aromatic heterocycles. The minimum absolute atomic E-state index is 0.612. The Bertz CT molecular complexity index is 380. The van der Waals surface area contributed by atoms with Crippen molar-refractivity contribution in [2.24, 2.45) is 0 Å². The molecule has 4 heteroatoms. The molecule has 0 bridgehead atoms. The fourth-order valence-corrected chi connectivity index (χ4v) is 1.96. The summed E-state index contributed by atoms with van der Waals surface area (Å²) in [6.07, 6.45) is 0. The quantitative estimate of drug-likeness (QED) is 0.617. The van der Waals surface area contributed by atoms with E-state index >= 15 is 0 Å². The summed E-state index contributed by atoms with van der Waals surface area (Å²) in [5.74, 6) is 1.45. The molecule has 2 rings (SSSR count). The number of hydrogen-bond acceptors (Lipinski definition) is 3. The van der Waals surface area contributed by atoms with Gasteiger partial charge in [-0.1, -0.05) is 0 Å². The lowest BCUT2D eigenvalue weighted by molar-refractivity contribution is 0.215. The Morgan fingerprint density at radius 3 is 2.24 bits per heavy atom. The Balaban J connectivity index is 2.03. The summed E-state index contributed by atoms with van der Waals surface area (Å²) >= 11 is 0. The SMILES string of the molecule is COc1ccc(C(=N)N2CCN(C)CC2)cc1. The van der Waals surface area contributed by atoms with E-state index < -0.39 is 0 Å². The molecule has 1 saturated heterocycles. The molecule has 1 aromatic rings. The zero-order chi connectivity index (χ0) is 12.3. The molecule has 92 valence electrons. The van der Waals surface area contributed by atoms with E-state index in [0.717, 1.165) is 37.5 Å². The van der Waals surface area contributed by atoms with E-state index in [1.165, 1.54) is 0 Å². The average molecular weight is 233 g/mol. The summed E-state index contributed by atoms with van der Waals surface area (Å²) < 4.78 is 5.12. The Morgan fingerprint density at radius 1 is 1.12 bits per heavy atom. The van der Waals surface area contributed by atoms with E-state index in [1.807, 2.05) is 24.3 Å². The topological polar surface area (TPSA) is 39.6 Å². The third kappa shape index (κ3) is 2.77. The number of rotatable bonds is 2. The van der Waals surface area contributed by atoms with Gasteiger partial charge in [-0.2, -0.15) is 0 Å². The van der Waals surface area contributed by atoms with Crippen LogP contribution in [-0.2, 0) is 0 Å². The number of benzene rings is 1. The van der Waals surface area contributed by atoms with Crippen LogP contribution in [0, 0.1) is 5.41 Å². The smallest absolute Gasteiger partial charge is 0.128 e. The van der Waals surface area contributed by atoms with E-state index in [9.17, 15) is 0 Å². The average Bonchev–Trinajstić information content (AvgIpc) is 2.39. The van der Waals surface area contributed by atoms with Crippen LogP contribution in [0.2, 0.25) is 0 Å². The van der Waals surface area contributed by atoms with Crippen LogP contribution in [0.25, 0.3) is 0 Å². The minimum atomic E-state index is 0.612. The number of piperazine rings is 1. The molecule has 1 aromatic carbocycles. The molecular weight excluding hydrogens is 214 g/mol. The largest absolute Gasteiger partial charge is 0.497 e. The van der Waals surface area contributed by atoms with Crippen molar-refractivity contribution in [2.45, 2.75) is 0 Å². The van der Waals surface area contributed by atoms with Gasteiger partial charge >= 0.3 is 0 Å². The minimum Gasteiger partial charge on any atom is -0.497 e. The Hall–Kier alpha value is -1.55. The first-order valence-corrected chi connectivity index (χ1v) is 5.87. The first-order valence-electron chi connectivity index (χ1n) is 5.87. The summed E-state index contributed by atoms with van der Waals surface area (Å²) in [7, 11) is 3.77. The van der Waals surface area contributed by atoms with Crippen LogP contribution in [0.5, 0.6) is 5.75 Å². The van der Waals surface area contributed by atoms with Crippen LogP contribution in [0.3, 0.4) is 0 Å². The molecule has 1 heterocycles. The second kappa shape index (κ2) is 5.19. The molecule has 0 atom stereocenters. The van der Waals surface area contributed by atoms with Crippen molar-refractivity contribution in [3.05, 3.63) is 29.8 Å². The van der Waals surface area contributed by atoms with Crippen LogP contribution < -0.4 is 4.74 Å². The highest BCUT2D eigenvalue weighted by Crippen LogP contribution is 2.13. The lowest BCUT2D eigenvalue weighted by atomic mass is 10.1. The van der Waals surface area contributed by atoms with Gasteiger partial charge in [0.05, 0.1) is 7.11 Å². The Kier molecular flexibility index (Phi) is 3.64. The molecule has 0 aliphatic carbocycles.